The Morgan fingerprint density at radius 2 is 0.959 bits per heavy atom. The van der Waals surface area contributed by atoms with E-state index in [1.54, 1.807) is 72.4 Å². The summed E-state index contributed by atoms with van der Waals surface area (Å²) in [4.78, 5) is 1.55. The Labute approximate surface area is 299 Å². The largest absolute Gasteiger partial charge is 0.497 e. The van der Waals surface area contributed by atoms with Gasteiger partial charge in [-0.3, -0.25) is 9.13 Å². The smallest absolute Gasteiger partial charge is 0.349 e. The molecular formula is C29H41N5O9P4S2. The predicted molar refractivity (Wildman–Crippen MR) is 205 cm³/mol. The lowest BCUT2D eigenvalue weighted by Crippen LogP contribution is -2.27. The van der Waals surface area contributed by atoms with Crippen LogP contribution in [0, 0.1) is 0 Å². The molecule has 3 aromatic rings. The summed E-state index contributed by atoms with van der Waals surface area (Å²) in [5.74, 6) is 1.90. The molecule has 0 N–H and O–H groups in total. The maximum Gasteiger partial charge on any atom is 0.349 e. The molecule has 2 unspecified atom stereocenters. The average Bonchev–Trinajstić information content (AvgIpc) is 3.13. The summed E-state index contributed by atoms with van der Waals surface area (Å²) in [6, 6.07) is 21.7. The number of hydrogen-bond donors (Lipinski definition) is 0. The van der Waals surface area contributed by atoms with Gasteiger partial charge in [0.1, 0.15) is 29.8 Å². The molecule has 3 aromatic carbocycles. The van der Waals surface area contributed by atoms with E-state index in [9.17, 15) is 9.13 Å². The summed E-state index contributed by atoms with van der Waals surface area (Å²) in [5, 5.41) is 8.85. The van der Waals surface area contributed by atoms with Crippen LogP contribution in [0.2, 0.25) is 0 Å². The standard InChI is InChI=1S/C29H41N5O9P4S2/c1-32(30-20-24-8-14-27(37-3)15-9-24)44(48)42-28-16-10-25(11-17-28)21-31-33(2)45(49)43-29-18-12-26(13-19-29)34(22-46(35,38-4)39-5)23-47(36,40-6)41-7/h8-21,44-45H,22-23H2,1-7H3/b30-20+,31-21+. The molecule has 49 heavy (non-hydrogen) atoms. The average molecular weight is 792 g/mol. The molecule has 3 rings (SSSR count). The molecule has 0 aliphatic rings. The van der Waals surface area contributed by atoms with Crippen molar-refractivity contribution in [2.45, 2.75) is 0 Å². The zero-order valence-electron chi connectivity index (χ0n) is 28.1. The van der Waals surface area contributed by atoms with E-state index >= 15 is 0 Å². The molecule has 0 heterocycles. The monoisotopic (exact) mass is 791 g/mol. The van der Waals surface area contributed by atoms with Crippen LogP contribution in [0.4, 0.5) is 5.69 Å². The van der Waals surface area contributed by atoms with Crippen molar-refractivity contribution in [2.24, 2.45) is 10.2 Å². The minimum Gasteiger partial charge on any atom is -0.497 e. The van der Waals surface area contributed by atoms with Gasteiger partial charge in [-0.25, -0.2) is 9.56 Å². The molecule has 2 atom stereocenters. The van der Waals surface area contributed by atoms with E-state index in [4.69, 9.17) is 55.5 Å². The summed E-state index contributed by atoms with van der Waals surface area (Å²) >= 11 is 11.1. The molecule has 0 aliphatic carbocycles. The van der Waals surface area contributed by atoms with Crippen LogP contribution < -0.4 is 18.7 Å². The van der Waals surface area contributed by atoms with Gasteiger partial charge in [-0.1, -0.05) is 0 Å². The van der Waals surface area contributed by atoms with E-state index in [2.05, 4.69) is 10.2 Å². The predicted octanol–water partition coefficient (Wildman–Crippen LogP) is 7.09. The van der Waals surface area contributed by atoms with Gasteiger partial charge in [0.15, 0.2) is 0 Å². The highest BCUT2D eigenvalue weighted by Crippen LogP contribution is 2.52. The van der Waals surface area contributed by atoms with Gasteiger partial charge in [-0.2, -0.15) is 10.2 Å². The summed E-state index contributed by atoms with van der Waals surface area (Å²) in [6.45, 7) is 0. The van der Waals surface area contributed by atoms with Crippen molar-refractivity contribution in [1.29, 1.82) is 0 Å². The molecule has 0 radical (unpaired) electrons. The number of methoxy groups -OCH3 is 1. The Kier molecular flexibility index (Phi) is 16.4. The molecule has 0 aliphatic heterocycles. The zero-order chi connectivity index (χ0) is 36.0. The third kappa shape index (κ3) is 12.9. The molecule has 0 saturated carbocycles. The van der Waals surface area contributed by atoms with E-state index in [1.807, 2.05) is 48.5 Å². The van der Waals surface area contributed by atoms with Gasteiger partial charge >= 0.3 is 15.2 Å². The van der Waals surface area contributed by atoms with Crippen LogP contribution in [-0.2, 0) is 50.8 Å². The highest BCUT2D eigenvalue weighted by atomic mass is 32.4. The third-order valence-electron chi connectivity index (χ3n) is 6.70. The van der Waals surface area contributed by atoms with Crippen LogP contribution in [0.3, 0.4) is 0 Å². The normalized spacial score (nSPS) is 13.3. The fraction of sp³-hybridized carbons (Fsp3) is 0.310. The van der Waals surface area contributed by atoms with E-state index in [0.717, 1.165) is 16.9 Å². The van der Waals surface area contributed by atoms with E-state index in [1.165, 1.54) is 28.4 Å². The van der Waals surface area contributed by atoms with Crippen molar-refractivity contribution in [1.82, 2.24) is 9.56 Å². The van der Waals surface area contributed by atoms with Crippen molar-refractivity contribution in [3.8, 4) is 17.2 Å². The molecule has 20 heteroatoms. The minimum absolute atomic E-state index is 0.191. The van der Waals surface area contributed by atoms with E-state index < -0.39 is 29.3 Å². The number of nitrogens with zero attached hydrogens (tertiary/aromatic N) is 5. The number of hydrazone groups is 2. The van der Waals surface area contributed by atoms with Crippen LogP contribution in [0.25, 0.3) is 0 Å². The minimum atomic E-state index is -3.51. The van der Waals surface area contributed by atoms with Gasteiger partial charge in [-0.15, -0.1) is 0 Å². The Morgan fingerprint density at radius 1 is 0.612 bits per heavy atom. The lowest BCUT2D eigenvalue weighted by Gasteiger charge is -2.29. The number of ether oxygens (including phenoxy) is 1. The van der Waals surface area contributed by atoms with Crippen LogP contribution in [0.15, 0.2) is 83.0 Å². The molecule has 0 aromatic heterocycles. The highest BCUT2D eigenvalue weighted by molar-refractivity contribution is 8.02. The quantitative estimate of drug-likeness (QED) is 0.0655. The first kappa shape index (κ1) is 40.8. The second kappa shape index (κ2) is 19.7. The first-order valence-electron chi connectivity index (χ1n) is 14.4. The van der Waals surface area contributed by atoms with Crippen molar-refractivity contribution in [2.75, 3.05) is 67.1 Å². The lowest BCUT2D eigenvalue weighted by atomic mass is 10.2. The van der Waals surface area contributed by atoms with Crippen LogP contribution in [0.5, 0.6) is 17.2 Å². The SMILES string of the molecule is COc1ccc(/C=N/N(C)[PH](=S)Oc2ccc(/C=N/N(C)[PH](=S)Oc3ccc(N(CP(=O)(OC)OC)CP(=O)(OC)OC)cc3)cc2)cc1. The van der Waals surface area contributed by atoms with Crippen LogP contribution in [0.1, 0.15) is 11.1 Å². The van der Waals surface area contributed by atoms with Gasteiger partial charge in [0.25, 0.3) is 0 Å². The molecule has 0 spiro atoms. The maximum absolute atomic E-state index is 12.9. The van der Waals surface area contributed by atoms with Crippen LogP contribution in [-0.4, -0.2) is 84.2 Å². The number of rotatable bonds is 20. The summed E-state index contributed by atoms with van der Waals surface area (Å²) < 4.78 is 66.4. The fourth-order valence-electron chi connectivity index (χ4n) is 3.78. The summed E-state index contributed by atoms with van der Waals surface area (Å²) in [7, 11) is -0.574. The van der Waals surface area contributed by atoms with E-state index in [0.29, 0.717) is 17.2 Å². The lowest BCUT2D eigenvalue weighted by molar-refractivity contribution is 0.270. The third-order valence-corrected chi connectivity index (χ3v) is 14.5. The number of benzene rings is 3. The van der Waals surface area contributed by atoms with E-state index in [-0.39, 0.29) is 12.6 Å². The van der Waals surface area contributed by atoms with Crippen molar-refractivity contribution >= 4 is 71.1 Å². The second-order valence-corrected chi connectivity index (χ2v) is 19.2. The first-order valence-corrected chi connectivity index (χ1v) is 22.8. The molecule has 0 saturated heterocycles. The van der Waals surface area contributed by atoms with Gasteiger partial charge in [0.2, 0.25) is 14.1 Å². The molecule has 0 amide bonds. The Balaban J connectivity index is 1.57. The van der Waals surface area contributed by atoms with Crippen molar-refractivity contribution in [3.05, 3.63) is 83.9 Å². The first-order chi connectivity index (χ1) is 23.4. The Hall–Kier alpha value is -2.60. The number of anilines is 1. The topological polar surface area (TPSA) is 133 Å². The summed E-state index contributed by atoms with van der Waals surface area (Å²) in [6.07, 6.45) is 3.01. The Bertz CT molecular complexity index is 1660. The second-order valence-electron chi connectivity index (χ2n) is 9.88. The van der Waals surface area contributed by atoms with Gasteiger partial charge in [-0.05, 0) is 108 Å². The Morgan fingerprint density at radius 3 is 1.31 bits per heavy atom. The molecule has 14 nitrogen and oxygen atoms in total. The maximum atomic E-state index is 12.9. The zero-order valence-corrected chi connectivity index (χ0v) is 33.5. The van der Waals surface area contributed by atoms with Gasteiger partial charge < -0.3 is 36.8 Å². The van der Waals surface area contributed by atoms with Crippen molar-refractivity contribution < 1.29 is 41.0 Å². The van der Waals surface area contributed by atoms with Crippen molar-refractivity contribution in [3.63, 3.8) is 0 Å². The highest BCUT2D eigenvalue weighted by Gasteiger charge is 2.32. The molecular weight excluding hydrogens is 750 g/mol. The van der Waals surface area contributed by atoms with Gasteiger partial charge in [0, 0.05) is 48.2 Å². The fourth-order valence-corrected chi connectivity index (χ4v) is 8.16. The molecule has 0 bridgehead atoms. The van der Waals surface area contributed by atoms with Crippen LogP contribution >= 0.6 is 29.3 Å². The number of hydrogen-bond acceptors (Lipinski definition) is 14. The molecule has 268 valence electrons. The molecule has 0 fully saturated rings. The van der Waals surface area contributed by atoms with Gasteiger partial charge in [0.05, 0.1) is 19.5 Å². The summed E-state index contributed by atoms with van der Waals surface area (Å²) in [5.41, 5.74) is 2.30.